The first-order valence-corrected chi connectivity index (χ1v) is 5.62. The normalized spacial score (nSPS) is 12.9. The van der Waals surface area contributed by atoms with E-state index >= 15 is 0 Å². The highest BCUT2D eigenvalue weighted by molar-refractivity contribution is 5.34. The Hall–Kier alpha value is -1.02. The molecular weight excluding hydrogens is 188 g/mol. The fraction of sp³-hybridized carbons (Fsp3) is 0.538. The molecular formula is C13H20O2. The molecule has 0 saturated heterocycles. The standard InChI is InChI=1S/C13H20O2/c1-4-11(5-2)15-13-9-7-6-8-12(13)10(3)14/h6-11,14H,4-5H2,1-3H3/t10-/m1/s1. The summed E-state index contributed by atoms with van der Waals surface area (Å²) in [5.74, 6) is 0.807. The van der Waals surface area contributed by atoms with Gasteiger partial charge in [0.15, 0.2) is 0 Å². The van der Waals surface area contributed by atoms with Crippen molar-refractivity contribution in [3.05, 3.63) is 29.8 Å². The molecule has 0 aromatic heterocycles. The van der Waals surface area contributed by atoms with Gasteiger partial charge in [0.25, 0.3) is 0 Å². The van der Waals surface area contributed by atoms with E-state index in [9.17, 15) is 5.11 Å². The fourth-order valence-corrected chi connectivity index (χ4v) is 1.57. The summed E-state index contributed by atoms with van der Waals surface area (Å²) in [5, 5.41) is 9.58. The van der Waals surface area contributed by atoms with Gasteiger partial charge in [0, 0.05) is 5.56 Å². The van der Waals surface area contributed by atoms with E-state index in [1.165, 1.54) is 0 Å². The van der Waals surface area contributed by atoms with Gasteiger partial charge in [0.1, 0.15) is 5.75 Å². The summed E-state index contributed by atoms with van der Waals surface area (Å²) in [6.07, 6.45) is 1.75. The van der Waals surface area contributed by atoms with Gasteiger partial charge in [0.05, 0.1) is 12.2 Å². The molecule has 1 rings (SSSR count). The average molecular weight is 208 g/mol. The number of aliphatic hydroxyl groups excluding tert-OH is 1. The zero-order valence-corrected chi connectivity index (χ0v) is 9.73. The van der Waals surface area contributed by atoms with Crippen LogP contribution in [0.5, 0.6) is 5.75 Å². The smallest absolute Gasteiger partial charge is 0.125 e. The third kappa shape index (κ3) is 3.24. The number of hydrogen-bond acceptors (Lipinski definition) is 2. The number of benzene rings is 1. The van der Waals surface area contributed by atoms with Gasteiger partial charge in [-0.25, -0.2) is 0 Å². The van der Waals surface area contributed by atoms with Crippen molar-refractivity contribution in [1.29, 1.82) is 0 Å². The third-order valence-electron chi connectivity index (χ3n) is 2.57. The van der Waals surface area contributed by atoms with Crippen LogP contribution in [0.4, 0.5) is 0 Å². The van der Waals surface area contributed by atoms with E-state index in [1.54, 1.807) is 6.92 Å². The Labute approximate surface area is 91.9 Å². The topological polar surface area (TPSA) is 29.5 Å². The Kier molecular flexibility index (Phi) is 4.63. The SMILES string of the molecule is CCC(CC)Oc1ccccc1[C@@H](C)O. The third-order valence-corrected chi connectivity index (χ3v) is 2.57. The molecule has 0 heterocycles. The van der Waals surface area contributed by atoms with Crippen molar-refractivity contribution in [1.82, 2.24) is 0 Å². The predicted octanol–water partition coefficient (Wildman–Crippen LogP) is 3.31. The minimum Gasteiger partial charge on any atom is -0.490 e. The minimum atomic E-state index is -0.476. The van der Waals surface area contributed by atoms with Crippen LogP contribution in [-0.2, 0) is 0 Å². The van der Waals surface area contributed by atoms with Crippen LogP contribution in [0.2, 0.25) is 0 Å². The first kappa shape index (κ1) is 12.1. The van der Waals surface area contributed by atoms with E-state index in [0.29, 0.717) is 0 Å². The highest BCUT2D eigenvalue weighted by atomic mass is 16.5. The molecule has 0 unspecified atom stereocenters. The second-order valence-electron chi connectivity index (χ2n) is 3.77. The van der Waals surface area contributed by atoms with Crippen molar-refractivity contribution in [2.45, 2.75) is 45.8 Å². The minimum absolute atomic E-state index is 0.241. The zero-order valence-electron chi connectivity index (χ0n) is 9.73. The molecule has 15 heavy (non-hydrogen) atoms. The second kappa shape index (κ2) is 5.76. The van der Waals surface area contributed by atoms with Crippen LogP contribution in [0.15, 0.2) is 24.3 Å². The first-order chi connectivity index (χ1) is 7.19. The van der Waals surface area contributed by atoms with Crippen LogP contribution in [0.1, 0.15) is 45.3 Å². The van der Waals surface area contributed by atoms with Gasteiger partial charge in [-0.05, 0) is 25.8 Å². The Morgan fingerprint density at radius 1 is 1.20 bits per heavy atom. The molecule has 84 valence electrons. The number of aliphatic hydroxyl groups is 1. The summed E-state index contributed by atoms with van der Waals surface area (Å²) in [4.78, 5) is 0. The lowest BCUT2D eigenvalue weighted by Crippen LogP contribution is -2.15. The molecule has 0 fully saturated rings. The molecule has 1 aromatic carbocycles. The van der Waals surface area contributed by atoms with Gasteiger partial charge in [-0.1, -0.05) is 32.0 Å². The predicted molar refractivity (Wildman–Crippen MR) is 62.1 cm³/mol. The van der Waals surface area contributed by atoms with Gasteiger partial charge >= 0.3 is 0 Å². The van der Waals surface area contributed by atoms with Crippen LogP contribution in [-0.4, -0.2) is 11.2 Å². The summed E-state index contributed by atoms with van der Waals surface area (Å²) in [6, 6.07) is 7.67. The quantitative estimate of drug-likeness (QED) is 0.804. The summed E-state index contributed by atoms with van der Waals surface area (Å²) >= 11 is 0. The van der Waals surface area contributed by atoms with Crippen molar-refractivity contribution in [2.24, 2.45) is 0 Å². The molecule has 0 saturated carbocycles. The van der Waals surface area contributed by atoms with E-state index in [0.717, 1.165) is 24.2 Å². The molecule has 1 atom stereocenters. The zero-order chi connectivity index (χ0) is 11.3. The molecule has 0 aliphatic rings. The Morgan fingerprint density at radius 3 is 2.33 bits per heavy atom. The van der Waals surface area contributed by atoms with E-state index < -0.39 is 6.10 Å². The van der Waals surface area contributed by atoms with Gasteiger partial charge in [0.2, 0.25) is 0 Å². The van der Waals surface area contributed by atoms with Gasteiger partial charge in [-0.3, -0.25) is 0 Å². The van der Waals surface area contributed by atoms with Crippen LogP contribution in [0.25, 0.3) is 0 Å². The molecule has 0 aliphatic heterocycles. The maximum absolute atomic E-state index is 9.58. The molecule has 2 nitrogen and oxygen atoms in total. The fourth-order valence-electron chi connectivity index (χ4n) is 1.57. The van der Waals surface area contributed by atoms with E-state index in [4.69, 9.17) is 4.74 Å². The second-order valence-corrected chi connectivity index (χ2v) is 3.77. The van der Waals surface area contributed by atoms with E-state index in [-0.39, 0.29) is 6.10 Å². The average Bonchev–Trinajstić information content (AvgIpc) is 2.26. The number of ether oxygens (including phenoxy) is 1. The molecule has 1 aromatic rings. The van der Waals surface area contributed by atoms with E-state index in [1.807, 2.05) is 24.3 Å². The van der Waals surface area contributed by atoms with Crippen molar-refractivity contribution in [3.8, 4) is 5.75 Å². The Balaban J connectivity index is 2.83. The highest BCUT2D eigenvalue weighted by Crippen LogP contribution is 2.26. The maximum Gasteiger partial charge on any atom is 0.125 e. The van der Waals surface area contributed by atoms with Crippen molar-refractivity contribution >= 4 is 0 Å². The Morgan fingerprint density at radius 2 is 1.80 bits per heavy atom. The van der Waals surface area contributed by atoms with Gasteiger partial charge in [-0.2, -0.15) is 0 Å². The van der Waals surface area contributed by atoms with Crippen molar-refractivity contribution < 1.29 is 9.84 Å². The number of hydrogen-bond donors (Lipinski definition) is 1. The van der Waals surface area contributed by atoms with Gasteiger partial charge < -0.3 is 9.84 Å². The first-order valence-electron chi connectivity index (χ1n) is 5.62. The summed E-state index contributed by atoms with van der Waals surface area (Å²) in [6.45, 7) is 5.98. The van der Waals surface area contributed by atoms with Crippen LogP contribution in [0.3, 0.4) is 0 Å². The molecule has 0 radical (unpaired) electrons. The largest absolute Gasteiger partial charge is 0.490 e. The van der Waals surface area contributed by atoms with Crippen LogP contribution in [0, 0.1) is 0 Å². The highest BCUT2D eigenvalue weighted by Gasteiger charge is 2.11. The van der Waals surface area contributed by atoms with Crippen molar-refractivity contribution in [2.75, 3.05) is 0 Å². The molecule has 0 aliphatic carbocycles. The lowest BCUT2D eigenvalue weighted by Gasteiger charge is -2.19. The summed E-state index contributed by atoms with van der Waals surface area (Å²) in [5.41, 5.74) is 0.865. The molecule has 2 heteroatoms. The van der Waals surface area contributed by atoms with Crippen LogP contribution >= 0.6 is 0 Å². The van der Waals surface area contributed by atoms with Crippen molar-refractivity contribution in [3.63, 3.8) is 0 Å². The van der Waals surface area contributed by atoms with E-state index in [2.05, 4.69) is 13.8 Å². The monoisotopic (exact) mass is 208 g/mol. The molecule has 1 N–H and O–H groups in total. The summed E-state index contributed by atoms with van der Waals surface area (Å²) in [7, 11) is 0. The molecule has 0 spiro atoms. The molecule has 0 bridgehead atoms. The Bertz CT molecular complexity index is 290. The molecule has 0 amide bonds. The number of para-hydroxylation sites is 1. The summed E-state index contributed by atoms with van der Waals surface area (Å²) < 4.78 is 5.85. The number of rotatable bonds is 5. The van der Waals surface area contributed by atoms with Gasteiger partial charge in [-0.15, -0.1) is 0 Å². The lowest BCUT2D eigenvalue weighted by molar-refractivity contribution is 0.166. The van der Waals surface area contributed by atoms with Crippen LogP contribution < -0.4 is 4.74 Å². The lowest BCUT2D eigenvalue weighted by atomic mass is 10.1. The maximum atomic E-state index is 9.58.